The predicted octanol–water partition coefficient (Wildman–Crippen LogP) is 9.18. The van der Waals surface area contributed by atoms with Gasteiger partial charge in [0.1, 0.15) is 0 Å². The van der Waals surface area contributed by atoms with Gasteiger partial charge in [0.2, 0.25) is 0 Å². The molecule has 0 bridgehead atoms. The van der Waals surface area contributed by atoms with Gasteiger partial charge in [-0.15, -0.1) is 0 Å². The third-order valence-electron chi connectivity index (χ3n) is 9.06. The van der Waals surface area contributed by atoms with Crippen LogP contribution in [0.4, 0.5) is 0 Å². The first-order chi connectivity index (χ1) is 13.3. The van der Waals surface area contributed by atoms with Crippen molar-refractivity contribution in [2.75, 3.05) is 0 Å². The molecular formula is C27H50. The maximum Gasteiger partial charge on any atom is -0.0386 e. The fraction of sp³-hybridized carbons (Fsp3) is 1.00. The van der Waals surface area contributed by atoms with E-state index in [1.54, 1.807) is 89.9 Å². The summed E-state index contributed by atoms with van der Waals surface area (Å²) in [6, 6.07) is 0. The van der Waals surface area contributed by atoms with Gasteiger partial charge in [-0.3, -0.25) is 0 Å². The Morgan fingerprint density at radius 3 is 1.19 bits per heavy atom. The molecule has 0 aromatic heterocycles. The first-order valence-electron chi connectivity index (χ1n) is 13.3. The molecule has 0 unspecified atom stereocenters. The fourth-order valence-corrected chi connectivity index (χ4v) is 7.08. The minimum absolute atomic E-state index is 1.08. The van der Waals surface area contributed by atoms with E-state index in [9.17, 15) is 0 Å². The van der Waals surface area contributed by atoms with Crippen molar-refractivity contribution in [2.24, 2.45) is 35.5 Å². The van der Waals surface area contributed by atoms with E-state index in [4.69, 9.17) is 0 Å². The Kier molecular flexibility index (Phi) is 9.54. The monoisotopic (exact) mass is 374 g/mol. The highest BCUT2D eigenvalue weighted by molar-refractivity contribution is 4.82. The topological polar surface area (TPSA) is 0 Å². The maximum atomic E-state index is 2.37. The third-order valence-corrected chi connectivity index (χ3v) is 9.06. The molecule has 3 aliphatic carbocycles. The highest BCUT2D eigenvalue weighted by Gasteiger charge is 2.31. The number of rotatable bonds is 9. The van der Waals surface area contributed by atoms with Gasteiger partial charge in [0.05, 0.1) is 0 Å². The van der Waals surface area contributed by atoms with Crippen LogP contribution in [0.25, 0.3) is 0 Å². The highest BCUT2D eigenvalue weighted by Crippen LogP contribution is 2.43. The molecule has 0 heterocycles. The van der Waals surface area contributed by atoms with E-state index in [2.05, 4.69) is 13.8 Å². The summed E-state index contributed by atoms with van der Waals surface area (Å²) in [6.45, 7) is 4.71. The van der Waals surface area contributed by atoms with Gasteiger partial charge in [-0.25, -0.2) is 0 Å². The zero-order valence-corrected chi connectivity index (χ0v) is 18.9. The van der Waals surface area contributed by atoms with E-state index >= 15 is 0 Å². The molecule has 3 saturated carbocycles. The lowest BCUT2D eigenvalue weighted by molar-refractivity contribution is 0.136. The number of hydrogen-bond donors (Lipinski definition) is 0. The molecule has 0 N–H and O–H groups in total. The maximum absolute atomic E-state index is 2.37. The Morgan fingerprint density at radius 1 is 0.407 bits per heavy atom. The van der Waals surface area contributed by atoms with E-state index in [-0.39, 0.29) is 0 Å². The molecule has 0 aromatic carbocycles. The zero-order chi connectivity index (χ0) is 18.9. The first kappa shape index (κ1) is 21.7. The van der Waals surface area contributed by atoms with Gasteiger partial charge in [-0.05, 0) is 61.2 Å². The average molecular weight is 375 g/mol. The highest BCUT2D eigenvalue weighted by atomic mass is 14.4. The molecule has 0 aliphatic heterocycles. The second-order valence-corrected chi connectivity index (χ2v) is 11.0. The Morgan fingerprint density at radius 2 is 0.778 bits per heavy atom. The summed E-state index contributed by atoms with van der Waals surface area (Å²) in [6.07, 6.45) is 29.2. The lowest BCUT2D eigenvalue weighted by atomic mass is 9.68. The molecule has 3 rings (SSSR count). The summed E-state index contributed by atoms with van der Waals surface area (Å²) in [5, 5.41) is 0. The molecule has 3 aliphatic rings. The molecule has 3 fully saturated rings. The Labute approximate surface area is 171 Å². The fourth-order valence-electron chi connectivity index (χ4n) is 7.08. The summed E-state index contributed by atoms with van der Waals surface area (Å²) < 4.78 is 0. The van der Waals surface area contributed by atoms with Crippen LogP contribution in [0.2, 0.25) is 0 Å². The van der Waals surface area contributed by atoms with E-state index in [1.165, 1.54) is 32.1 Å². The number of hydrogen-bond acceptors (Lipinski definition) is 0. The van der Waals surface area contributed by atoms with Crippen LogP contribution >= 0.6 is 0 Å². The molecule has 0 aromatic rings. The Balaban J connectivity index is 1.26. The van der Waals surface area contributed by atoms with Gasteiger partial charge < -0.3 is 0 Å². The van der Waals surface area contributed by atoms with Crippen LogP contribution in [0, 0.1) is 35.5 Å². The smallest absolute Gasteiger partial charge is 0.0386 e. The van der Waals surface area contributed by atoms with Crippen molar-refractivity contribution >= 4 is 0 Å². The van der Waals surface area contributed by atoms with Crippen LogP contribution < -0.4 is 0 Å². The molecule has 0 atom stereocenters. The summed E-state index contributed by atoms with van der Waals surface area (Å²) in [5.41, 5.74) is 0. The summed E-state index contributed by atoms with van der Waals surface area (Å²) in [4.78, 5) is 0. The van der Waals surface area contributed by atoms with Crippen molar-refractivity contribution in [3.8, 4) is 0 Å². The quantitative estimate of drug-likeness (QED) is 0.377. The van der Waals surface area contributed by atoms with Crippen LogP contribution in [0.5, 0.6) is 0 Å². The van der Waals surface area contributed by atoms with Gasteiger partial charge in [-0.2, -0.15) is 0 Å². The summed E-state index contributed by atoms with van der Waals surface area (Å²) in [5.74, 6) is 6.57. The minimum atomic E-state index is 1.08. The molecule has 158 valence electrons. The van der Waals surface area contributed by atoms with Gasteiger partial charge in [-0.1, -0.05) is 110 Å². The van der Waals surface area contributed by atoms with Gasteiger partial charge >= 0.3 is 0 Å². The second kappa shape index (κ2) is 11.9. The average Bonchev–Trinajstić information content (AvgIpc) is 2.73. The second-order valence-electron chi connectivity index (χ2n) is 11.0. The van der Waals surface area contributed by atoms with Crippen LogP contribution in [-0.4, -0.2) is 0 Å². The van der Waals surface area contributed by atoms with Crippen molar-refractivity contribution in [1.82, 2.24) is 0 Å². The third kappa shape index (κ3) is 7.08. The van der Waals surface area contributed by atoms with Gasteiger partial charge in [0.15, 0.2) is 0 Å². The predicted molar refractivity (Wildman–Crippen MR) is 120 cm³/mol. The van der Waals surface area contributed by atoms with E-state index in [1.807, 2.05) is 0 Å². The van der Waals surface area contributed by atoms with Gasteiger partial charge in [0, 0.05) is 0 Å². The zero-order valence-electron chi connectivity index (χ0n) is 18.9. The molecule has 27 heavy (non-hydrogen) atoms. The Hall–Kier alpha value is 0. The van der Waals surface area contributed by atoms with Crippen LogP contribution in [-0.2, 0) is 0 Å². The SMILES string of the molecule is CCCCC1CCC(CCC2CCC(C3CCC(CCC)CC3)CC2)CC1. The molecule has 0 spiro atoms. The van der Waals surface area contributed by atoms with Crippen LogP contribution in [0.1, 0.15) is 136 Å². The lowest BCUT2D eigenvalue weighted by Crippen LogP contribution is -2.26. The van der Waals surface area contributed by atoms with E-state index < -0.39 is 0 Å². The van der Waals surface area contributed by atoms with Crippen molar-refractivity contribution in [3.05, 3.63) is 0 Å². The summed E-state index contributed by atoms with van der Waals surface area (Å²) in [7, 11) is 0. The van der Waals surface area contributed by atoms with Crippen molar-refractivity contribution < 1.29 is 0 Å². The number of unbranched alkanes of at least 4 members (excludes halogenated alkanes) is 1. The molecule has 0 amide bonds. The molecule has 0 nitrogen and oxygen atoms in total. The minimum Gasteiger partial charge on any atom is -0.0654 e. The largest absolute Gasteiger partial charge is 0.0654 e. The van der Waals surface area contributed by atoms with Crippen LogP contribution in [0.15, 0.2) is 0 Å². The van der Waals surface area contributed by atoms with E-state index in [0.717, 1.165) is 35.5 Å². The summed E-state index contributed by atoms with van der Waals surface area (Å²) >= 11 is 0. The standard InChI is InChI=1S/C27H50/c1-3-5-7-23-8-10-24(11-9-23)12-13-25-16-20-27(21-17-25)26-18-14-22(6-4-2)15-19-26/h22-27H,3-21H2,1-2H3. The van der Waals surface area contributed by atoms with Crippen LogP contribution in [0.3, 0.4) is 0 Å². The van der Waals surface area contributed by atoms with Crippen molar-refractivity contribution in [2.45, 2.75) is 136 Å². The molecule has 0 heteroatoms. The molecular weight excluding hydrogens is 324 g/mol. The normalized spacial score (nSPS) is 38.0. The van der Waals surface area contributed by atoms with Crippen molar-refractivity contribution in [3.63, 3.8) is 0 Å². The lowest BCUT2D eigenvalue weighted by Gasteiger charge is -2.38. The van der Waals surface area contributed by atoms with Gasteiger partial charge in [0.25, 0.3) is 0 Å². The first-order valence-corrected chi connectivity index (χ1v) is 13.3. The Bertz CT molecular complexity index is 361. The molecule has 0 saturated heterocycles. The van der Waals surface area contributed by atoms with E-state index in [0.29, 0.717) is 0 Å². The molecule has 0 radical (unpaired) electrons. The van der Waals surface area contributed by atoms with Crippen molar-refractivity contribution in [1.29, 1.82) is 0 Å².